The Kier molecular flexibility index (Phi) is 3.66. The fraction of sp³-hybridized carbons (Fsp3) is 0.545. The van der Waals surface area contributed by atoms with Crippen molar-refractivity contribution in [2.45, 2.75) is 17.9 Å². The highest BCUT2D eigenvalue weighted by molar-refractivity contribution is 7.89. The maximum atomic E-state index is 12.4. The van der Waals surface area contributed by atoms with E-state index in [4.69, 9.17) is 5.11 Å². The highest BCUT2D eigenvalue weighted by Gasteiger charge is 2.31. The van der Waals surface area contributed by atoms with Crippen molar-refractivity contribution in [1.29, 1.82) is 0 Å². The molecule has 106 valence electrons. The molecule has 2 rings (SSSR count). The maximum absolute atomic E-state index is 12.4. The number of aromatic carboxylic acids is 1. The quantitative estimate of drug-likeness (QED) is 0.818. The van der Waals surface area contributed by atoms with Gasteiger partial charge in [-0.05, 0) is 20.0 Å². The first-order valence-corrected chi connectivity index (χ1v) is 7.38. The second kappa shape index (κ2) is 4.95. The van der Waals surface area contributed by atoms with Gasteiger partial charge in [0.2, 0.25) is 10.0 Å². The topological polar surface area (TPSA) is 93.7 Å². The third kappa shape index (κ3) is 2.65. The van der Waals surface area contributed by atoms with Crippen molar-refractivity contribution in [3.63, 3.8) is 0 Å². The molecule has 2 heterocycles. The number of carboxylic acid groups (broad SMARTS) is 1. The Balaban J connectivity index is 2.24. The molecule has 1 unspecified atom stereocenters. The van der Waals surface area contributed by atoms with Crippen LogP contribution in [-0.2, 0) is 10.0 Å². The van der Waals surface area contributed by atoms with Crippen molar-refractivity contribution < 1.29 is 18.3 Å². The van der Waals surface area contributed by atoms with Crippen LogP contribution in [0.3, 0.4) is 0 Å². The molecule has 8 heteroatoms. The first kappa shape index (κ1) is 14.0. The molecule has 1 saturated heterocycles. The highest BCUT2D eigenvalue weighted by Crippen LogP contribution is 2.20. The van der Waals surface area contributed by atoms with Crippen LogP contribution in [0.5, 0.6) is 0 Å². The summed E-state index contributed by atoms with van der Waals surface area (Å²) in [5, 5.41) is 8.80. The molecular formula is C11H17N3O4S. The molecule has 1 aliphatic rings. The number of nitrogens with one attached hydrogen (secondary N) is 1. The molecule has 7 nitrogen and oxygen atoms in total. The number of aromatic amines is 1. The van der Waals surface area contributed by atoms with E-state index >= 15 is 0 Å². The number of carboxylic acids is 1. The van der Waals surface area contributed by atoms with Gasteiger partial charge in [0, 0.05) is 31.9 Å². The van der Waals surface area contributed by atoms with Crippen LogP contribution in [0.25, 0.3) is 0 Å². The molecule has 1 aromatic heterocycles. The van der Waals surface area contributed by atoms with E-state index in [9.17, 15) is 13.2 Å². The second-order valence-electron chi connectivity index (χ2n) is 4.75. The van der Waals surface area contributed by atoms with E-state index in [0.717, 1.165) is 6.07 Å². The van der Waals surface area contributed by atoms with Crippen molar-refractivity contribution >= 4 is 16.0 Å². The molecule has 2 N–H and O–H groups in total. The van der Waals surface area contributed by atoms with Crippen molar-refractivity contribution in [1.82, 2.24) is 14.2 Å². The summed E-state index contributed by atoms with van der Waals surface area (Å²) in [6.07, 6.45) is 1.22. The van der Waals surface area contributed by atoms with Crippen LogP contribution in [-0.4, -0.2) is 66.4 Å². The second-order valence-corrected chi connectivity index (χ2v) is 6.68. The highest BCUT2D eigenvalue weighted by atomic mass is 32.2. The average Bonchev–Trinajstić information content (AvgIpc) is 2.82. The van der Waals surface area contributed by atoms with Crippen molar-refractivity contribution in [3.8, 4) is 0 Å². The summed E-state index contributed by atoms with van der Waals surface area (Å²) in [6.45, 7) is 3.45. The van der Waals surface area contributed by atoms with E-state index in [-0.39, 0.29) is 16.6 Å². The standard InChI is InChI=1S/C11H17N3O4S/c1-8-7-14(4-3-13(8)2)19(17,18)9-5-10(11(15)16)12-6-9/h5-6,8,12H,3-4,7H2,1-2H3,(H,15,16). The smallest absolute Gasteiger partial charge is 0.352 e. The van der Waals surface area contributed by atoms with E-state index in [0.29, 0.717) is 19.6 Å². The molecule has 1 aliphatic heterocycles. The first-order chi connectivity index (χ1) is 8.82. The van der Waals surface area contributed by atoms with E-state index in [1.165, 1.54) is 10.5 Å². The number of sulfonamides is 1. The Hall–Kier alpha value is -1.38. The largest absolute Gasteiger partial charge is 0.477 e. The van der Waals surface area contributed by atoms with Crippen LogP contribution in [0.15, 0.2) is 17.2 Å². The minimum absolute atomic E-state index is 0.00153. The SMILES string of the molecule is CC1CN(S(=O)(=O)c2c[nH]c(C(=O)O)c2)CCN1C. The fourth-order valence-corrected chi connectivity index (χ4v) is 3.54. The Bertz CT molecular complexity index is 581. The number of rotatable bonds is 3. The van der Waals surface area contributed by atoms with Gasteiger partial charge in [-0.15, -0.1) is 0 Å². The summed E-state index contributed by atoms with van der Waals surface area (Å²) >= 11 is 0. The molecule has 0 spiro atoms. The predicted octanol–water partition coefficient (Wildman–Crippen LogP) is 0.0375. The van der Waals surface area contributed by atoms with Crippen molar-refractivity contribution in [3.05, 3.63) is 18.0 Å². The van der Waals surface area contributed by atoms with Gasteiger partial charge in [0.1, 0.15) is 10.6 Å². The summed E-state index contributed by atoms with van der Waals surface area (Å²) < 4.78 is 26.1. The zero-order valence-electron chi connectivity index (χ0n) is 10.8. The molecular weight excluding hydrogens is 270 g/mol. The molecule has 0 aliphatic carbocycles. The van der Waals surface area contributed by atoms with Crippen LogP contribution in [0.2, 0.25) is 0 Å². The molecule has 1 aromatic rings. The maximum Gasteiger partial charge on any atom is 0.352 e. The number of nitrogens with zero attached hydrogens (tertiary/aromatic N) is 2. The zero-order valence-corrected chi connectivity index (χ0v) is 11.6. The molecule has 0 radical (unpaired) electrons. The third-order valence-electron chi connectivity index (χ3n) is 3.45. The van der Waals surface area contributed by atoms with Gasteiger partial charge < -0.3 is 15.0 Å². The van der Waals surface area contributed by atoms with Crippen LogP contribution in [0, 0.1) is 0 Å². The Labute approximate surface area is 111 Å². The van der Waals surface area contributed by atoms with E-state index in [1.54, 1.807) is 0 Å². The normalized spacial score (nSPS) is 22.5. The minimum atomic E-state index is -3.62. The van der Waals surface area contributed by atoms with Gasteiger partial charge in [-0.3, -0.25) is 0 Å². The summed E-state index contributed by atoms with van der Waals surface area (Å²) in [5.74, 6) is -1.17. The summed E-state index contributed by atoms with van der Waals surface area (Å²) in [5.41, 5.74) is -0.124. The molecule has 0 saturated carbocycles. The number of likely N-dealkylation sites (N-methyl/N-ethyl adjacent to an activating group) is 1. The summed E-state index contributed by atoms with van der Waals surface area (Å²) in [4.78, 5) is 15.3. The van der Waals surface area contributed by atoms with Gasteiger partial charge in [-0.25, -0.2) is 13.2 Å². The van der Waals surface area contributed by atoms with Gasteiger partial charge in [-0.2, -0.15) is 4.31 Å². The number of hydrogen-bond acceptors (Lipinski definition) is 4. The number of H-pyrrole nitrogens is 1. The average molecular weight is 287 g/mol. The molecule has 0 amide bonds. The van der Waals surface area contributed by atoms with Gasteiger partial charge >= 0.3 is 5.97 Å². The number of piperazine rings is 1. The monoisotopic (exact) mass is 287 g/mol. The van der Waals surface area contributed by atoms with Crippen LogP contribution < -0.4 is 0 Å². The van der Waals surface area contributed by atoms with E-state index in [1.807, 2.05) is 14.0 Å². The predicted molar refractivity (Wildman–Crippen MR) is 68.6 cm³/mol. The van der Waals surface area contributed by atoms with Crippen molar-refractivity contribution in [2.75, 3.05) is 26.7 Å². The lowest BCUT2D eigenvalue weighted by Crippen LogP contribution is -2.51. The summed E-state index contributed by atoms with van der Waals surface area (Å²) in [6, 6.07) is 1.29. The fourth-order valence-electron chi connectivity index (χ4n) is 2.03. The minimum Gasteiger partial charge on any atom is -0.477 e. The Morgan fingerprint density at radius 3 is 2.68 bits per heavy atom. The van der Waals surface area contributed by atoms with E-state index in [2.05, 4.69) is 9.88 Å². The lowest BCUT2D eigenvalue weighted by Gasteiger charge is -2.36. The number of carbonyl (C=O) groups is 1. The first-order valence-electron chi connectivity index (χ1n) is 5.94. The number of hydrogen-bond donors (Lipinski definition) is 2. The van der Waals surface area contributed by atoms with Crippen LogP contribution in [0.4, 0.5) is 0 Å². The Morgan fingerprint density at radius 1 is 1.47 bits per heavy atom. The van der Waals surface area contributed by atoms with Gasteiger partial charge in [0.15, 0.2) is 0 Å². The van der Waals surface area contributed by atoms with Gasteiger partial charge in [0.25, 0.3) is 0 Å². The number of aromatic nitrogens is 1. The molecule has 1 fully saturated rings. The lowest BCUT2D eigenvalue weighted by molar-refractivity contribution is 0.0691. The Morgan fingerprint density at radius 2 is 2.16 bits per heavy atom. The third-order valence-corrected chi connectivity index (χ3v) is 5.29. The lowest BCUT2D eigenvalue weighted by atomic mass is 10.2. The van der Waals surface area contributed by atoms with Crippen LogP contribution in [0.1, 0.15) is 17.4 Å². The van der Waals surface area contributed by atoms with Crippen molar-refractivity contribution in [2.24, 2.45) is 0 Å². The molecule has 19 heavy (non-hydrogen) atoms. The molecule has 1 atom stereocenters. The van der Waals surface area contributed by atoms with Gasteiger partial charge in [0.05, 0.1) is 0 Å². The zero-order chi connectivity index (χ0) is 14.2. The molecule has 0 aromatic carbocycles. The van der Waals surface area contributed by atoms with E-state index < -0.39 is 16.0 Å². The van der Waals surface area contributed by atoms with Crippen LogP contribution >= 0.6 is 0 Å². The molecule has 0 bridgehead atoms. The van der Waals surface area contributed by atoms with Gasteiger partial charge in [-0.1, -0.05) is 0 Å². The summed E-state index contributed by atoms with van der Waals surface area (Å²) in [7, 11) is -1.67.